The normalized spacial score (nSPS) is 18.5. The van der Waals surface area contributed by atoms with Crippen LogP contribution in [0.4, 0.5) is 11.4 Å². The number of nitrogens with one attached hydrogen (secondary N) is 1. The number of hydrogen-bond acceptors (Lipinski definition) is 5. The SMILES string of the molecule is COc1ccc(N2CC(C(=O)Nc3cc(C(=O)N4CCCCCC4)cn(C)c3=O)CC2=O)cc1. The monoisotopic (exact) mass is 466 g/mol. The second-order valence-corrected chi connectivity index (χ2v) is 8.86. The van der Waals surface area contributed by atoms with Gasteiger partial charge in [-0.3, -0.25) is 19.2 Å². The van der Waals surface area contributed by atoms with Crippen molar-refractivity contribution in [1.82, 2.24) is 9.47 Å². The van der Waals surface area contributed by atoms with E-state index >= 15 is 0 Å². The van der Waals surface area contributed by atoms with Gasteiger partial charge >= 0.3 is 0 Å². The average molecular weight is 467 g/mol. The Morgan fingerprint density at radius 3 is 2.35 bits per heavy atom. The van der Waals surface area contributed by atoms with Crippen LogP contribution in [0, 0.1) is 5.92 Å². The number of benzene rings is 1. The fourth-order valence-electron chi connectivity index (χ4n) is 4.50. The van der Waals surface area contributed by atoms with Crippen molar-refractivity contribution in [3.63, 3.8) is 0 Å². The molecule has 1 aromatic heterocycles. The third-order valence-electron chi connectivity index (χ3n) is 6.46. The molecule has 3 heterocycles. The first kappa shape index (κ1) is 23.5. The fraction of sp³-hybridized carbons (Fsp3) is 0.440. The van der Waals surface area contributed by atoms with Crippen LogP contribution in [0.15, 0.2) is 41.3 Å². The summed E-state index contributed by atoms with van der Waals surface area (Å²) in [6.45, 7) is 1.59. The number of anilines is 2. The molecule has 180 valence electrons. The molecule has 3 amide bonds. The maximum absolute atomic E-state index is 13.0. The predicted molar refractivity (Wildman–Crippen MR) is 128 cm³/mol. The van der Waals surface area contributed by atoms with E-state index in [1.807, 2.05) is 0 Å². The van der Waals surface area contributed by atoms with Gasteiger partial charge in [-0.25, -0.2) is 0 Å². The number of amides is 3. The summed E-state index contributed by atoms with van der Waals surface area (Å²) in [7, 11) is 3.12. The van der Waals surface area contributed by atoms with Crippen LogP contribution in [0.25, 0.3) is 0 Å². The molecule has 0 spiro atoms. The number of likely N-dealkylation sites (tertiary alicyclic amines) is 1. The Labute approximate surface area is 198 Å². The topological polar surface area (TPSA) is 101 Å². The summed E-state index contributed by atoms with van der Waals surface area (Å²) >= 11 is 0. The smallest absolute Gasteiger partial charge is 0.274 e. The van der Waals surface area contributed by atoms with Gasteiger partial charge < -0.3 is 24.4 Å². The van der Waals surface area contributed by atoms with Crippen molar-refractivity contribution in [1.29, 1.82) is 0 Å². The van der Waals surface area contributed by atoms with Gasteiger partial charge in [0.25, 0.3) is 11.5 Å². The van der Waals surface area contributed by atoms with E-state index in [4.69, 9.17) is 4.74 Å². The zero-order valence-corrected chi connectivity index (χ0v) is 19.6. The molecule has 1 atom stereocenters. The lowest BCUT2D eigenvalue weighted by molar-refractivity contribution is -0.122. The number of aromatic nitrogens is 1. The molecule has 2 aliphatic heterocycles. The first-order valence-corrected chi connectivity index (χ1v) is 11.6. The van der Waals surface area contributed by atoms with Crippen LogP contribution in [0.5, 0.6) is 5.75 Å². The third kappa shape index (κ3) is 4.98. The van der Waals surface area contributed by atoms with Crippen molar-refractivity contribution < 1.29 is 19.1 Å². The lowest BCUT2D eigenvalue weighted by atomic mass is 10.1. The Balaban J connectivity index is 1.48. The molecule has 34 heavy (non-hydrogen) atoms. The maximum Gasteiger partial charge on any atom is 0.274 e. The van der Waals surface area contributed by atoms with Crippen molar-refractivity contribution in [2.75, 3.05) is 37.0 Å². The number of hydrogen-bond donors (Lipinski definition) is 1. The van der Waals surface area contributed by atoms with Crippen LogP contribution in [-0.2, 0) is 16.6 Å². The van der Waals surface area contributed by atoms with E-state index in [2.05, 4.69) is 5.32 Å². The minimum atomic E-state index is -0.607. The zero-order chi connectivity index (χ0) is 24.2. The number of methoxy groups -OCH3 is 1. The molecule has 1 aromatic carbocycles. The average Bonchev–Trinajstić information content (AvgIpc) is 3.04. The molecule has 0 bridgehead atoms. The van der Waals surface area contributed by atoms with Crippen LogP contribution in [-0.4, -0.2) is 53.9 Å². The first-order chi connectivity index (χ1) is 16.4. The summed E-state index contributed by atoms with van der Waals surface area (Å²) in [6, 6.07) is 8.50. The number of aryl methyl sites for hydroxylation is 1. The Kier molecular flexibility index (Phi) is 7.00. The number of rotatable bonds is 5. The van der Waals surface area contributed by atoms with E-state index in [1.54, 1.807) is 48.2 Å². The van der Waals surface area contributed by atoms with Gasteiger partial charge in [0.2, 0.25) is 11.8 Å². The van der Waals surface area contributed by atoms with Gasteiger partial charge in [-0.05, 0) is 43.2 Å². The molecule has 2 fully saturated rings. The van der Waals surface area contributed by atoms with Crippen LogP contribution in [0.1, 0.15) is 42.5 Å². The first-order valence-electron chi connectivity index (χ1n) is 11.6. The van der Waals surface area contributed by atoms with Gasteiger partial charge in [0.1, 0.15) is 11.4 Å². The Morgan fingerprint density at radius 2 is 1.71 bits per heavy atom. The molecule has 9 heteroatoms. The van der Waals surface area contributed by atoms with Crippen LogP contribution in [0.2, 0.25) is 0 Å². The fourth-order valence-corrected chi connectivity index (χ4v) is 4.50. The van der Waals surface area contributed by atoms with Crippen molar-refractivity contribution in [3.8, 4) is 5.75 Å². The Hall–Kier alpha value is -3.62. The van der Waals surface area contributed by atoms with E-state index < -0.39 is 17.4 Å². The number of pyridine rings is 1. The minimum Gasteiger partial charge on any atom is -0.497 e. The largest absolute Gasteiger partial charge is 0.497 e. The number of carbonyl (C=O) groups excluding carboxylic acids is 3. The van der Waals surface area contributed by atoms with E-state index in [0.29, 0.717) is 30.1 Å². The molecule has 1 N–H and O–H groups in total. The van der Waals surface area contributed by atoms with Crippen molar-refractivity contribution in [2.24, 2.45) is 13.0 Å². The summed E-state index contributed by atoms with van der Waals surface area (Å²) in [5.74, 6) is -0.654. The van der Waals surface area contributed by atoms with E-state index in [1.165, 1.54) is 16.8 Å². The predicted octanol–water partition coefficient (Wildman–Crippen LogP) is 2.40. The number of carbonyl (C=O) groups is 3. The minimum absolute atomic E-state index is 0.0449. The van der Waals surface area contributed by atoms with Gasteiger partial charge in [-0.1, -0.05) is 12.8 Å². The van der Waals surface area contributed by atoms with Gasteiger partial charge in [0.15, 0.2) is 0 Å². The lowest BCUT2D eigenvalue weighted by Crippen LogP contribution is -2.34. The third-order valence-corrected chi connectivity index (χ3v) is 6.46. The van der Waals surface area contributed by atoms with Crippen molar-refractivity contribution in [2.45, 2.75) is 32.1 Å². The highest BCUT2D eigenvalue weighted by Crippen LogP contribution is 2.27. The highest BCUT2D eigenvalue weighted by molar-refractivity contribution is 6.04. The molecule has 9 nitrogen and oxygen atoms in total. The van der Waals surface area contributed by atoms with Gasteiger partial charge in [0.05, 0.1) is 18.6 Å². The quantitative estimate of drug-likeness (QED) is 0.729. The second-order valence-electron chi connectivity index (χ2n) is 8.86. The summed E-state index contributed by atoms with van der Waals surface area (Å²) in [4.78, 5) is 54.6. The summed E-state index contributed by atoms with van der Waals surface area (Å²) in [6.07, 6.45) is 5.68. The molecular weight excluding hydrogens is 436 g/mol. The molecule has 0 aliphatic carbocycles. The van der Waals surface area contributed by atoms with Crippen LogP contribution >= 0.6 is 0 Å². The Morgan fingerprint density at radius 1 is 1.03 bits per heavy atom. The summed E-state index contributed by atoms with van der Waals surface area (Å²) in [5, 5.41) is 2.67. The molecule has 0 radical (unpaired) electrons. The molecule has 2 saturated heterocycles. The van der Waals surface area contributed by atoms with Gasteiger partial charge in [-0.15, -0.1) is 0 Å². The number of ether oxygens (including phenoxy) is 1. The Bertz CT molecular complexity index is 1130. The number of nitrogens with zero attached hydrogens (tertiary/aromatic N) is 3. The highest BCUT2D eigenvalue weighted by Gasteiger charge is 2.35. The molecule has 2 aromatic rings. The maximum atomic E-state index is 13.0. The lowest BCUT2D eigenvalue weighted by Gasteiger charge is -2.21. The molecule has 0 saturated carbocycles. The standard InChI is InChI=1S/C25H30N4O5/c1-27-15-18(24(32)28-11-5-3-4-6-12-28)13-21(25(27)33)26-23(31)17-14-22(30)29(16-17)19-7-9-20(34-2)10-8-19/h7-10,13,15,17H,3-6,11-12,14,16H2,1-2H3,(H,26,31). The van der Waals surface area contributed by atoms with Crippen LogP contribution < -0.4 is 20.5 Å². The van der Waals surface area contributed by atoms with E-state index in [9.17, 15) is 19.2 Å². The van der Waals surface area contributed by atoms with Crippen molar-refractivity contribution in [3.05, 3.63) is 52.4 Å². The van der Waals surface area contributed by atoms with Gasteiger partial charge in [0, 0.05) is 45.0 Å². The van der Waals surface area contributed by atoms with E-state index in [-0.39, 0.29) is 30.5 Å². The molecule has 1 unspecified atom stereocenters. The second kappa shape index (κ2) is 10.1. The molecule has 4 rings (SSSR count). The van der Waals surface area contributed by atoms with Crippen LogP contribution in [0.3, 0.4) is 0 Å². The zero-order valence-electron chi connectivity index (χ0n) is 19.6. The molecular formula is C25H30N4O5. The highest BCUT2D eigenvalue weighted by atomic mass is 16.5. The summed E-state index contributed by atoms with van der Waals surface area (Å²) in [5.41, 5.74) is 0.685. The molecule has 2 aliphatic rings. The summed E-state index contributed by atoms with van der Waals surface area (Å²) < 4.78 is 6.46. The van der Waals surface area contributed by atoms with Gasteiger partial charge in [-0.2, -0.15) is 0 Å². The van der Waals surface area contributed by atoms with E-state index in [0.717, 1.165) is 25.7 Å². The van der Waals surface area contributed by atoms with Crippen molar-refractivity contribution >= 4 is 29.1 Å².